The molecule has 0 aromatic heterocycles. The quantitative estimate of drug-likeness (QED) is 0.578. The summed E-state index contributed by atoms with van der Waals surface area (Å²) in [6.07, 6.45) is 0.903. The van der Waals surface area contributed by atoms with Gasteiger partial charge in [-0.15, -0.1) is 5.92 Å². The number of nitrogens with zero attached hydrogens (tertiary/aromatic N) is 1. The van der Waals surface area contributed by atoms with Crippen molar-refractivity contribution in [3.05, 3.63) is 0 Å². The van der Waals surface area contributed by atoms with Crippen molar-refractivity contribution in [2.24, 2.45) is 0 Å². The van der Waals surface area contributed by atoms with Crippen LogP contribution in [0.25, 0.3) is 0 Å². The third-order valence-corrected chi connectivity index (χ3v) is 2.09. The maximum Gasteiger partial charge on any atom is 0.240 e. The van der Waals surface area contributed by atoms with Crippen LogP contribution in [0.4, 0.5) is 0 Å². The molecule has 1 saturated heterocycles. The minimum Gasteiger partial charge on any atom is -0.330 e. The molecule has 3 heteroatoms. The second-order valence-electron chi connectivity index (χ2n) is 2.82. The largest absolute Gasteiger partial charge is 0.330 e. The van der Waals surface area contributed by atoms with Gasteiger partial charge in [0.25, 0.3) is 0 Å². The molecule has 66 valence electrons. The zero-order chi connectivity index (χ0) is 8.97. The lowest BCUT2D eigenvalue weighted by Crippen LogP contribution is -2.36. The third-order valence-electron chi connectivity index (χ3n) is 2.09. The molecule has 1 atom stereocenters. The summed E-state index contributed by atoms with van der Waals surface area (Å²) >= 11 is 0. The van der Waals surface area contributed by atoms with Gasteiger partial charge in [0.15, 0.2) is 0 Å². The van der Waals surface area contributed by atoms with Crippen LogP contribution < -0.4 is 5.32 Å². The fourth-order valence-electron chi connectivity index (χ4n) is 1.34. The summed E-state index contributed by atoms with van der Waals surface area (Å²) in [4.78, 5) is 13.2. The molecule has 0 aliphatic carbocycles. The predicted molar refractivity (Wildman–Crippen MR) is 47.5 cm³/mol. The molecule has 1 unspecified atom stereocenters. The van der Waals surface area contributed by atoms with E-state index in [1.54, 1.807) is 11.8 Å². The highest BCUT2D eigenvalue weighted by Crippen LogP contribution is 2.09. The Morgan fingerprint density at radius 1 is 1.75 bits per heavy atom. The van der Waals surface area contributed by atoms with Crippen LogP contribution in [0.15, 0.2) is 0 Å². The topological polar surface area (TPSA) is 32.3 Å². The van der Waals surface area contributed by atoms with Gasteiger partial charge in [-0.2, -0.15) is 0 Å². The highest BCUT2D eigenvalue weighted by atomic mass is 16.2. The number of amides is 1. The minimum atomic E-state index is 0.0173. The number of likely N-dealkylation sites (N-methyl/N-ethyl adjacent to an activating group) is 1. The molecule has 1 aliphatic heterocycles. The van der Waals surface area contributed by atoms with Crippen LogP contribution in [0.2, 0.25) is 0 Å². The predicted octanol–water partition coefficient (Wildman–Crippen LogP) is -0.170. The maximum absolute atomic E-state index is 11.4. The Morgan fingerprint density at radius 2 is 2.50 bits per heavy atom. The Hall–Kier alpha value is -1.01. The van der Waals surface area contributed by atoms with Crippen molar-refractivity contribution in [1.82, 2.24) is 10.2 Å². The van der Waals surface area contributed by atoms with E-state index in [-0.39, 0.29) is 11.9 Å². The number of carbonyl (C=O) groups excluding carboxylic acids is 1. The van der Waals surface area contributed by atoms with Gasteiger partial charge in [-0.1, -0.05) is 5.92 Å². The second-order valence-corrected chi connectivity index (χ2v) is 2.82. The van der Waals surface area contributed by atoms with Crippen molar-refractivity contribution in [3.8, 4) is 11.8 Å². The Labute approximate surface area is 73.1 Å². The molecule has 1 amide bonds. The summed E-state index contributed by atoms with van der Waals surface area (Å²) < 4.78 is 0. The van der Waals surface area contributed by atoms with Crippen LogP contribution >= 0.6 is 0 Å². The lowest BCUT2D eigenvalue weighted by molar-refractivity contribution is -0.128. The third kappa shape index (κ3) is 1.77. The molecule has 0 saturated carbocycles. The van der Waals surface area contributed by atoms with E-state index in [1.807, 2.05) is 7.05 Å². The fraction of sp³-hybridized carbons (Fsp3) is 0.667. The standard InChI is InChI=1S/C9H14N2O/c1-3-4-6-11-7-5-8(10-2)9(11)12/h8,10H,5-7H2,1-2H3. The molecule has 0 bridgehead atoms. The normalized spacial score (nSPS) is 22.3. The first kappa shape index (κ1) is 9.08. The fourth-order valence-corrected chi connectivity index (χ4v) is 1.34. The van der Waals surface area contributed by atoms with E-state index < -0.39 is 0 Å². The van der Waals surface area contributed by atoms with Crippen LogP contribution in [0.1, 0.15) is 13.3 Å². The Morgan fingerprint density at radius 3 is 3.00 bits per heavy atom. The lowest BCUT2D eigenvalue weighted by atomic mass is 10.3. The molecule has 1 fully saturated rings. The molecule has 1 aliphatic rings. The highest BCUT2D eigenvalue weighted by molar-refractivity contribution is 5.84. The average Bonchev–Trinajstić information content (AvgIpc) is 2.43. The number of likely N-dealkylation sites (tertiary alicyclic amines) is 1. The summed E-state index contributed by atoms with van der Waals surface area (Å²) in [5.74, 6) is 5.86. The van der Waals surface area contributed by atoms with Crippen molar-refractivity contribution in [2.75, 3.05) is 20.1 Å². The summed E-state index contributed by atoms with van der Waals surface area (Å²) in [6, 6.07) is 0.0173. The van der Waals surface area contributed by atoms with Gasteiger partial charge >= 0.3 is 0 Å². The average molecular weight is 166 g/mol. The maximum atomic E-state index is 11.4. The van der Waals surface area contributed by atoms with E-state index in [2.05, 4.69) is 17.2 Å². The molecule has 0 aromatic carbocycles. The zero-order valence-electron chi connectivity index (χ0n) is 7.55. The number of hydrogen-bond donors (Lipinski definition) is 1. The first-order chi connectivity index (χ1) is 5.79. The molecule has 1 rings (SSSR count). The summed E-state index contributed by atoms with van der Waals surface area (Å²) in [6.45, 7) is 3.20. The summed E-state index contributed by atoms with van der Waals surface area (Å²) in [5, 5.41) is 2.98. The van der Waals surface area contributed by atoms with E-state index in [0.29, 0.717) is 6.54 Å². The van der Waals surface area contributed by atoms with Crippen LogP contribution in [0.5, 0.6) is 0 Å². The van der Waals surface area contributed by atoms with Gasteiger partial charge in [-0.05, 0) is 20.4 Å². The Bertz CT molecular complexity index is 226. The van der Waals surface area contributed by atoms with E-state index in [4.69, 9.17) is 0 Å². The van der Waals surface area contributed by atoms with Crippen molar-refractivity contribution in [1.29, 1.82) is 0 Å². The number of carbonyl (C=O) groups is 1. The van der Waals surface area contributed by atoms with Gasteiger partial charge in [0, 0.05) is 6.54 Å². The molecule has 3 nitrogen and oxygen atoms in total. The molecule has 1 heterocycles. The summed E-state index contributed by atoms with van der Waals surface area (Å²) in [5.41, 5.74) is 0. The SMILES string of the molecule is CC#CCN1CCC(NC)C1=O. The monoisotopic (exact) mass is 166 g/mol. The van der Waals surface area contributed by atoms with Gasteiger partial charge < -0.3 is 10.2 Å². The van der Waals surface area contributed by atoms with E-state index in [9.17, 15) is 4.79 Å². The van der Waals surface area contributed by atoms with Gasteiger partial charge in [0.2, 0.25) is 5.91 Å². The van der Waals surface area contributed by atoms with Gasteiger partial charge in [-0.3, -0.25) is 4.79 Å². The lowest BCUT2D eigenvalue weighted by Gasteiger charge is -2.12. The zero-order valence-corrected chi connectivity index (χ0v) is 7.55. The molecule has 0 spiro atoms. The summed E-state index contributed by atoms with van der Waals surface area (Å²) in [7, 11) is 1.82. The number of rotatable bonds is 2. The number of nitrogens with one attached hydrogen (secondary N) is 1. The molecule has 0 aromatic rings. The minimum absolute atomic E-state index is 0.0173. The highest BCUT2D eigenvalue weighted by Gasteiger charge is 2.29. The van der Waals surface area contributed by atoms with Crippen molar-refractivity contribution >= 4 is 5.91 Å². The Kier molecular flexibility index (Phi) is 3.12. The molecule has 12 heavy (non-hydrogen) atoms. The second kappa shape index (κ2) is 4.13. The molecular formula is C9H14N2O. The molecule has 1 N–H and O–H groups in total. The smallest absolute Gasteiger partial charge is 0.240 e. The van der Waals surface area contributed by atoms with E-state index >= 15 is 0 Å². The van der Waals surface area contributed by atoms with Gasteiger partial charge in [0.1, 0.15) is 0 Å². The molecule has 0 radical (unpaired) electrons. The van der Waals surface area contributed by atoms with E-state index in [1.165, 1.54) is 0 Å². The first-order valence-corrected chi connectivity index (χ1v) is 4.15. The van der Waals surface area contributed by atoms with Crippen LogP contribution in [0, 0.1) is 11.8 Å². The van der Waals surface area contributed by atoms with Crippen molar-refractivity contribution < 1.29 is 4.79 Å². The van der Waals surface area contributed by atoms with Crippen molar-refractivity contribution in [2.45, 2.75) is 19.4 Å². The Balaban J connectivity index is 2.47. The van der Waals surface area contributed by atoms with Gasteiger partial charge in [-0.25, -0.2) is 0 Å². The van der Waals surface area contributed by atoms with Crippen LogP contribution in [0.3, 0.4) is 0 Å². The van der Waals surface area contributed by atoms with Crippen LogP contribution in [-0.2, 0) is 4.79 Å². The number of hydrogen-bond acceptors (Lipinski definition) is 2. The van der Waals surface area contributed by atoms with E-state index in [0.717, 1.165) is 13.0 Å². The first-order valence-electron chi connectivity index (χ1n) is 4.15. The van der Waals surface area contributed by atoms with Crippen LogP contribution in [-0.4, -0.2) is 37.0 Å². The van der Waals surface area contributed by atoms with Gasteiger partial charge in [0.05, 0.1) is 12.6 Å². The van der Waals surface area contributed by atoms with Crippen molar-refractivity contribution in [3.63, 3.8) is 0 Å². The molecular weight excluding hydrogens is 152 g/mol.